The van der Waals surface area contributed by atoms with Gasteiger partial charge in [-0.05, 0) is 70.1 Å². The lowest BCUT2D eigenvalue weighted by molar-refractivity contribution is -0.140. The van der Waals surface area contributed by atoms with Crippen molar-refractivity contribution >= 4 is 17.9 Å². The van der Waals surface area contributed by atoms with E-state index in [2.05, 4.69) is 21.7 Å². The molecule has 0 atom stereocenters. The van der Waals surface area contributed by atoms with Gasteiger partial charge in [0.25, 0.3) is 0 Å². The normalized spacial score (nSPS) is 19.6. The lowest BCUT2D eigenvalue weighted by atomic mass is 9.93. The van der Waals surface area contributed by atoms with Gasteiger partial charge >= 0.3 is 0 Å². The van der Waals surface area contributed by atoms with Crippen LogP contribution in [0.5, 0.6) is 0 Å². The number of piperidine rings is 2. The summed E-state index contributed by atoms with van der Waals surface area (Å²) in [5, 5.41) is 0. The Morgan fingerprint density at radius 1 is 1.11 bits per heavy atom. The quantitative estimate of drug-likeness (QED) is 0.672. The highest BCUT2D eigenvalue weighted by Crippen LogP contribution is 2.27. The van der Waals surface area contributed by atoms with Crippen LogP contribution in [0, 0.1) is 5.92 Å². The zero-order valence-corrected chi connectivity index (χ0v) is 17.2. The van der Waals surface area contributed by atoms with Gasteiger partial charge in [0.1, 0.15) is 6.29 Å². The second-order valence-corrected chi connectivity index (χ2v) is 8.03. The summed E-state index contributed by atoms with van der Waals surface area (Å²) in [6, 6.07) is 8.04. The van der Waals surface area contributed by atoms with Crippen molar-refractivity contribution in [1.29, 1.82) is 0 Å². The van der Waals surface area contributed by atoms with Crippen LogP contribution in [-0.2, 0) is 9.53 Å². The molecule has 0 N–H and O–H groups in total. The number of hydrogen-bond acceptors (Lipinski definition) is 5. The molecule has 6 heteroatoms. The first kappa shape index (κ1) is 20.8. The fraction of sp³-hybridized carbons (Fsp3) is 0.636. The highest BCUT2D eigenvalue weighted by Gasteiger charge is 2.33. The van der Waals surface area contributed by atoms with Crippen LogP contribution in [0.25, 0.3) is 0 Å². The largest absolute Gasteiger partial charge is 0.383 e. The van der Waals surface area contributed by atoms with Gasteiger partial charge in [0.05, 0.1) is 6.61 Å². The number of amides is 1. The number of carbonyl (C=O) groups is 2. The maximum atomic E-state index is 13.3. The maximum absolute atomic E-state index is 13.3. The van der Waals surface area contributed by atoms with E-state index < -0.39 is 0 Å². The van der Waals surface area contributed by atoms with Crippen LogP contribution in [0.2, 0.25) is 0 Å². The van der Waals surface area contributed by atoms with Crippen LogP contribution in [-0.4, -0.2) is 81.5 Å². The third-order valence-electron chi connectivity index (χ3n) is 6.19. The fourth-order valence-electron chi connectivity index (χ4n) is 4.35. The molecule has 0 saturated carbocycles. The zero-order chi connectivity index (χ0) is 19.9. The fourth-order valence-corrected chi connectivity index (χ4v) is 4.35. The smallest absolute Gasteiger partial charge is 0.226 e. The van der Waals surface area contributed by atoms with Gasteiger partial charge in [-0.3, -0.25) is 9.59 Å². The summed E-state index contributed by atoms with van der Waals surface area (Å²) in [5.74, 6) is 0.407. The van der Waals surface area contributed by atoms with E-state index in [1.54, 1.807) is 7.11 Å². The molecule has 2 aliphatic rings. The number of benzene rings is 1. The molecule has 0 spiro atoms. The molecule has 1 aromatic carbocycles. The van der Waals surface area contributed by atoms with Crippen LogP contribution in [0.1, 0.15) is 36.0 Å². The summed E-state index contributed by atoms with van der Waals surface area (Å²) in [7, 11) is 3.85. The standard InChI is InChI=1S/C22H33N3O3/c1-23-11-9-21(10-12-23)25(15-16-28-2)22(27)19-7-13-24(14-8-19)20-5-3-18(17-26)4-6-20/h3-6,17,19,21H,7-16H2,1-2H3. The van der Waals surface area contributed by atoms with Crippen LogP contribution in [0.15, 0.2) is 24.3 Å². The second-order valence-electron chi connectivity index (χ2n) is 8.03. The third-order valence-corrected chi connectivity index (χ3v) is 6.19. The number of rotatable bonds is 7. The maximum Gasteiger partial charge on any atom is 0.226 e. The Bertz CT molecular complexity index is 633. The van der Waals surface area contributed by atoms with E-state index in [0.717, 1.165) is 63.8 Å². The summed E-state index contributed by atoms with van der Waals surface area (Å²) in [6.45, 7) is 5.15. The minimum atomic E-state index is 0.0991. The molecule has 3 rings (SSSR count). The molecule has 2 fully saturated rings. The van der Waals surface area contributed by atoms with Gasteiger partial charge < -0.3 is 19.4 Å². The number of nitrogens with zero attached hydrogens (tertiary/aromatic N) is 3. The van der Waals surface area contributed by atoms with E-state index in [-0.39, 0.29) is 5.92 Å². The number of likely N-dealkylation sites (tertiary alicyclic amines) is 1. The van der Waals surface area contributed by atoms with Crippen molar-refractivity contribution in [2.45, 2.75) is 31.7 Å². The Labute approximate surface area is 168 Å². The van der Waals surface area contributed by atoms with Gasteiger partial charge in [0, 0.05) is 50.0 Å². The number of anilines is 1. The molecular formula is C22H33N3O3. The van der Waals surface area contributed by atoms with E-state index in [4.69, 9.17) is 4.74 Å². The van der Waals surface area contributed by atoms with Crippen LogP contribution in [0.4, 0.5) is 5.69 Å². The molecule has 6 nitrogen and oxygen atoms in total. The van der Waals surface area contributed by atoms with E-state index in [1.807, 2.05) is 24.3 Å². The summed E-state index contributed by atoms with van der Waals surface area (Å²) in [5.41, 5.74) is 1.82. The highest BCUT2D eigenvalue weighted by molar-refractivity contribution is 5.80. The third kappa shape index (κ3) is 5.11. The highest BCUT2D eigenvalue weighted by atomic mass is 16.5. The van der Waals surface area contributed by atoms with Crippen LogP contribution in [0.3, 0.4) is 0 Å². The van der Waals surface area contributed by atoms with Gasteiger partial charge in [-0.1, -0.05) is 0 Å². The topological polar surface area (TPSA) is 53.1 Å². The molecule has 1 aromatic rings. The number of methoxy groups -OCH3 is 1. The van der Waals surface area contributed by atoms with Crippen molar-refractivity contribution in [3.8, 4) is 0 Å². The van der Waals surface area contributed by atoms with Gasteiger partial charge in [0.15, 0.2) is 0 Å². The minimum absolute atomic E-state index is 0.0991. The summed E-state index contributed by atoms with van der Waals surface area (Å²) < 4.78 is 5.28. The number of hydrogen-bond donors (Lipinski definition) is 0. The summed E-state index contributed by atoms with van der Waals surface area (Å²) in [6.07, 6.45) is 4.73. The van der Waals surface area contributed by atoms with Crippen molar-refractivity contribution in [3.63, 3.8) is 0 Å². The number of aldehydes is 1. The Kier molecular flexibility index (Phi) is 7.45. The second kappa shape index (κ2) is 10.0. The molecule has 2 saturated heterocycles. The molecule has 0 aliphatic carbocycles. The molecular weight excluding hydrogens is 354 g/mol. The van der Waals surface area contributed by atoms with E-state index in [0.29, 0.717) is 30.7 Å². The van der Waals surface area contributed by atoms with Crippen molar-refractivity contribution in [3.05, 3.63) is 29.8 Å². The minimum Gasteiger partial charge on any atom is -0.383 e. The molecule has 154 valence electrons. The Morgan fingerprint density at radius 2 is 1.75 bits per heavy atom. The molecule has 1 amide bonds. The molecule has 2 heterocycles. The molecule has 28 heavy (non-hydrogen) atoms. The first-order valence-corrected chi connectivity index (χ1v) is 10.4. The first-order valence-electron chi connectivity index (χ1n) is 10.4. The van der Waals surface area contributed by atoms with Crippen molar-refractivity contribution < 1.29 is 14.3 Å². The number of ether oxygens (including phenoxy) is 1. The predicted octanol–water partition coefficient (Wildman–Crippen LogP) is 2.28. The van der Waals surface area contributed by atoms with Gasteiger partial charge in [-0.2, -0.15) is 0 Å². The molecule has 0 radical (unpaired) electrons. The lowest BCUT2D eigenvalue weighted by Gasteiger charge is -2.41. The number of carbonyl (C=O) groups excluding carboxylic acids is 2. The van der Waals surface area contributed by atoms with Crippen molar-refractivity contribution in [2.24, 2.45) is 5.92 Å². The predicted molar refractivity (Wildman–Crippen MR) is 111 cm³/mol. The first-order chi connectivity index (χ1) is 13.6. The van der Waals surface area contributed by atoms with Crippen LogP contribution < -0.4 is 4.90 Å². The molecule has 0 bridgehead atoms. The Morgan fingerprint density at radius 3 is 2.32 bits per heavy atom. The Balaban J connectivity index is 1.58. The Hall–Kier alpha value is -1.92. The lowest BCUT2D eigenvalue weighted by Crippen LogP contribution is -2.51. The molecule has 0 unspecified atom stereocenters. The van der Waals surface area contributed by atoms with Crippen molar-refractivity contribution in [1.82, 2.24) is 9.80 Å². The average Bonchev–Trinajstić information content (AvgIpc) is 2.75. The van der Waals surface area contributed by atoms with Crippen LogP contribution >= 0.6 is 0 Å². The van der Waals surface area contributed by atoms with E-state index in [1.165, 1.54) is 0 Å². The van der Waals surface area contributed by atoms with Crippen molar-refractivity contribution in [2.75, 3.05) is 58.4 Å². The summed E-state index contributed by atoms with van der Waals surface area (Å²) >= 11 is 0. The van der Waals surface area contributed by atoms with E-state index >= 15 is 0 Å². The van der Waals surface area contributed by atoms with E-state index in [9.17, 15) is 9.59 Å². The average molecular weight is 388 g/mol. The monoisotopic (exact) mass is 387 g/mol. The molecule has 0 aromatic heterocycles. The molecule has 2 aliphatic heterocycles. The van der Waals surface area contributed by atoms with Gasteiger partial charge in [-0.25, -0.2) is 0 Å². The summed E-state index contributed by atoms with van der Waals surface area (Å²) in [4.78, 5) is 30.9. The SMILES string of the molecule is COCCN(C(=O)C1CCN(c2ccc(C=O)cc2)CC1)C1CCN(C)CC1. The van der Waals surface area contributed by atoms with Gasteiger partial charge in [-0.15, -0.1) is 0 Å². The zero-order valence-electron chi connectivity index (χ0n) is 17.2. The van der Waals surface area contributed by atoms with Gasteiger partial charge in [0.2, 0.25) is 5.91 Å².